The van der Waals surface area contributed by atoms with Gasteiger partial charge in [0.25, 0.3) is 6.71 Å². The van der Waals surface area contributed by atoms with Crippen LogP contribution in [0.1, 0.15) is 43.2 Å². The lowest BCUT2D eigenvalue weighted by Crippen LogP contribution is -2.64. The smallest absolute Gasteiger partial charge is 0.252 e. The van der Waals surface area contributed by atoms with Gasteiger partial charge in [0.1, 0.15) is 0 Å². The van der Waals surface area contributed by atoms with Crippen LogP contribution in [-0.2, 0) is 5.41 Å². The first-order valence-electron chi connectivity index (χ1n) is 20.6. The molecule has 0 saturated heterocycles. The Morgan fingerprint density at radius 3 is 1.73 bits per heavy atom. The zero-order chi connectivity index (χ0) is 35.8. The van der Waals surface area contributed by atoms with Crippen molar-refractivity contribution in [1.82, 2.24) is 0 Å². The van der Waals surface area contributed by atoms with E-state index in [0.29, 0.717) is 11.8 Å². The molecule has 0 amide bonds. The minimum Gasteiger partial charge on any atom is -0.311 e. The molecule has 4 saturated carbocycles. The van der Waals surface area contributed by atoms with Crippen molar-refractivity contribution in [2.75, 3.05) is 9.80 Å². The SMILES string of the molecule is c1ccc(-c2ccc3c(c2)B2c4cccc5c4N(c4ccccc4C54C5CC6CC(C5)CC4C6)c4cc(-c5ccccc5)cc(c42)N3c2ccccc2)cc1. The summed E-state index contributed by atoms with van der Waals surface area (Å²) < 4.78 is 0. The van der Waals surface area contributed by atoms with Gasteiger partial charge in [-0.05, 0) is 142 Å². The van der Waals surface area contributed by atoms with Crippen molar-refractivity contribution in [3.05, 3.63) is 175 Å². The van der Waals surface area contributed by atoms with Crippen LogP contribution >= 0.6 is 0 Å². The van der Waals surface area contributed by atoms with Crippen LogP contribution in [0.5, 0.6) is 0 Å². The average Bonchev–Trinajstić information content (AvgIpc) is 3.24. The third-order valence-corrected chi connectivity index (χ3v) is 14.8. The van der Waals surface area contributed by atoms with Gasteiger partial charge in [0.05, 0.1) is 5.69 Å². The van der Waals surface area contributed by atoms with Crippen LogP contribution < -0.4 is 26.2 Å². The highest BCUT2D eigenvalue weighted by Gasteiger charge is 2.62. The molecule has 4 aliphatic carbocycles. The third-order valence-electron chi connectivity index (χ3n) is 14.8. The second-order valence-electron chi connectivity index (χ2n) is 17.3. The van der Waals surface area contributed by atoms with E-state index in [1.54, 1.807) is 11.1 Å². The van der Waals surface area contributed by atoms with Crippen molar-refractivity contribution in [1.29, 1.82) is 0 Å². The monoisotopic (exact) mass is 704 g/mol. The van der Waals surface area contributed by atoms with Gasteiger partial charge < -0.3 is 9.80 Å². The summed E-state index contributed by atoms with van der Waals surface area (Å²) in [5, 5.41) is 0. The van der Waals surface area contributed by atoms with E-state index in [0.717, 1.165) is 11.8 Å². The summed E-state index contributed by atoms with van der Waals surface area (Å²) in [5.74, 6) is 3.20. The Labute approximate surface area is 324 Å². The first-order valence-corrected chi connectivity index (χ1v) is 20.6. The minimum atomic E-state index is 0.0582. The van der Waals surface area contributed by atoms with Crippen LogP contribution in [0.3, 0.4) is 0 Å². The van der Waals surface area contributed by atoms with E-state index in [-0.39, 0.29) is 12.1 Å². The summed E-state index contributed by atoms with van der Waals surface area (Å²) in [6, 6.07) is 62.4. The number of benzene rings is 7. The highest BCUT2D eigenvalue weighted by atomic mass is 15.2. The Morgan fingerprint density at radius 2 is 1.02 bits per heavy atom. The molecule has 4 bridgehead atoms. The third kappa shape index (κ3) is 4.01. The number of hydrogen-bond acceptors (Lipinski definition) is 2. The molecular weight excluding hydrogens is 663 g/mol. The quantitative estimate of drug-likeness (QED) is 0.169. The maximum absolute atomic E-state index is 2.73. The van der Waals surface area contributed by atoms with Gasteiger partial charge in [0, 0.05) is 33.9 Å². The molecule has 2 nitrogen and oxygen atoms in total. The molecule has 55 heavy (non-hydrogen) atoms. The standard InChI is InChI=1S/C52H41BN2/c1-4-13-35(14-5-1)37-23-24-47-45(30-37)53-44-21-12-20-43-51(44)55(46-22-11-10-19-42(46)52(43)39-26-33-25-34(28-39)29-40(52)27-33)49-32-38(36-15-6-2-7-16-36)31-48(50(49)53)54(47)41-17-8-3-9-18-41/h1-24,30-34,39-40H,25-29H2. The fourth-order valence-corrected chi connectivity index (χ4v) is 13.1. The Kier molecular flexibility index (Phi) is 6.18. The lowest BCUT2D eigenvalue weighted by atomic mass is 9.32. The van der Waals surface area contributed by atoms with Gasteiger partial charge in [-0.2, -0.15) is 0 Å². The zero-order valence-corrected chi connectivity index (χ0v) is 30.9. The number of para-hydroxylation sites is 3. The number of fused-ring (bicyclic) bond motifs is 6. The van der Waals surface area contributed by atoms with Crippen molar-refractivity contribution in [3.63, 3.8) is 0 Å². The van der Waals surface area contributed by atoms with Gasteiger partial charge in [-0.3, -0.25) is 0 Å². The predicted octanol–water partition coefficient (Wildman–Crippen LogP) is 11.2. The van der Waals surface area contributed by atoms with Crippen molar-refractivity contribution >= 4 is 57.2 Å². The van der Waals surface area contributed by atoms with E-state index in [1.165, 1.54) is 105 Å². The van der Waals surface area contributed by atoms with Crippen molar-refractivity contribution in [2.45, 2.75) is 37.5 Å². The van der Waals surface area contributed by atoms with E-state index >= 15 is 0 Å². The summed E-state index contributed by atoms with van der Waals surface area (Å²) >= 11 is 0. The van der Waals surface area contributed by atoms with Crippen LogP contribution in [0.25, 0.3) is 22.3 Å². The van der Waals surface area contributed by atoms with Gasteiger partial charge in [0.15, 0.2) is 0 Å². The summed E-state index contributed by atoms with van der Waals surface area (Å²) in [7, 11) is 0. The lowest BCUT2D eigenvalue weighted by Gasteiger charge is -2.64. The van der Waals surface area contributed by atoms with Crippen molar-refractivity contribution < 1.29 is 0 Å². The van der Waals surface area contributed by atoms with Gasteiger partial charge in [-0.1, -0.05) is 127 Å². The molecule has 262 valence electrons. The highest BCUT2D eigenvalue weighted by Crippen LogP contribution is 2.69. The summed E-state index contributed by atoms with van der Waals surface area (Å²) in [6.07, 6.45) is 6.97. The van der Waals surface area contributed by atoms with Crippen LogP contribution in [0, 0.1) is 23.7 Å². The topological polar surface area (TPSA) is 6.48 Å². The molecule has 7 aromatic rings. The maximum atomic E-state index is 2.73. The highest BCUT2D eigenvalue weighted by molar-refractivity contribution is 7.00. The molecule has 3 heterocycles. The number of nitrogens with zero attached hydrogens (tertiary/aromatic N) is 2. The Bertz CT molecular complexity index is 2660. The largest absolute Gasteiger partial charge is 0.311 e. The van der Waals surface area contributed by atoms with Crippen molar-refractivity contribution in [3.8, 4) is 22.3 Å². The molecule has 7 aromatic carbocycles. The van der Waals surface area contributed by atoms with Gasteiger partial charge >= 0.3 is 0 Å². The molecule has 7 aliphatic rings. The first-order chi connectivity index (χ1) is 27.3. The molecule has 0 N–H and O–H groups in total. The lowest BCUT2D eigenvalue weighted by molar-refractivity contribution is -0.0419. The van der Waals surface area contributed by atoms with E-state index in [9.17, 15) is 0 Å². The summed E-state index contributed by atoms with van der Waals surface area (Å²) in [5.41, 5.74) is 20.4. The van der Waals surface area contributed by atoms with Gasteiger partial charge in [-0.25, -0.2) is 0 Å². The fourth-order valence-electron chi connectivity index (χ4n) is 13.1. The molecular formula is C52H41BN2. The Balaban J connectivity index is 1.16. The molecule has 0 unspecified atom stereocenters. The first kappa shape index (κ1) is 30.5. The van der Waals surface area contributed by atoms with E-state index in [1.807, 2.05) is 0 Å². The molecule has 14 rings (SSSR count). The molecule has 3 aliphatic heterocycles. The van der Waals surface area contributed by atoms with Crippen LogP contribution in [0.4, 0.5) is 34.1 Å². The number of rotatable bonds is 3. The van der Waals surface area contributed by atoms with Gasteiger partial charge in [0.2, 0.25) is 0 Å². The molecule has 3 heteroatoms. The van der Waals surface area contributed by atoms with Crippen LogP contribution in [-0.4, -0.2) is 6.71 Å². The van der Waals surface area contributed by atoms with E-state index < -0.39 is 0 Å². The van der Waals surface area contributed by atoms with Crippen LogP contribution in [0.2, 0.25) is 0 Å². The van der Waals surface area contributed by atoms with Gasteiger partial charge in [-0.15, -0.1) is 0 Å². The molecule has 1 spiro atoms. The van der Waals surface area contributed by atoms with Crippen molar-refractivity contribution in [2.24, 2.45) is 23.7 Å². The second kappa shape index (κ2) is 11.1. The van der Waals surface area contributed by atoms with E-state index in [4.69, 9.17) is 0 Å². The minimum absolute atomic E-state index is 0.0582. The van der Waals surface area contributed by atoms with Crippen LogP contribution in [0.15, 0.2) is 164 Å². The Hall–Kier alpha value is -5.80. The molecule has 0 radical (unpaired) electrons. The molecule has 0 aromatic heterocycles. The fraction of sp³-hybridized carbons (Fsp3) is 0.192. The summed E-state index contributed by atoms with van der Waals surface area (Å²) in [6.45, 7) is 0.0961. The number of anilines is 6. The predicted molar refractivity (Wildman–Crippen MR) is 229 cm³/mol. The number of hydrogen-bond donors (Lipinski definition) is 0. The average molecular weight is 705 g/mol. The second-order valence-corrected chi connectivity index (χ2v) is 17.3. The van der Waals surface area contributed by atoms with E-state index in [2.05, 4.69) is 174 Å². The Morgan fingerprint density at radius 1 is 0.418 bits per heavy atom. The molecule has 0 atom stereocenters. The normalized spacial score (nSPS) is 24.3. The maximum Gasteiger partial charge on any atom is 0.252 e. The molecule has 4 fully saturated rings. The zero-order valence-electron chi connectivity index (χ0n) is 30.9. The summed E-state index contributed by atoms with van der Waals surface area (Å²) in [4.78, 5) is 5.28.